The number of rotatable bonds is 7. The molecule has 1 saturated heterocycles. The number of nitrogens with zero attached hydrogens (tertiary/aromatic N) is 7. The van der Waals surface area contributed by atoms with E-state index in [9.17, 15) is 0 Å². The summed E-state index contributed by atoms with van der Waals surface area (Å²) in [5, 5.41) is 10.4. The van der Waals surface area contributed by atoms with Gasteiger partial charge in [0.15, 0.2) is 10.8 Å². The van der Waals surface area contributed by atoms with Crippen LogP contribution < -0.4 is 11.1 Å². The molecule has 3 aromatic heterocycles. The van der Waals surface area contributed by atoms with E-state index in [-0.39, 0.29) is 0 Å². The van der Waals surface area contributed by atoms with Crippen LogP contribution in [0.25, 0.3) is 33.5 Å². The number of nitrogens with one attached hydrogen (secondary N) is 1. The van der Waals surface area contributed by atoms with E-state index in [1.165, 1.54) is 30.8 Å². The second kappa shape index (κ2) is 12.0. The lowest BCUT2D eigenvalue weighted by atomic mass is 9.90. The zero-order valence-electron chi connectivity index (χ0n) is 24.9. The number of hydrogen-bond donors (Lipinski definition) is 2. The van der Waals surface area contributed by atoms with Crippen LogP contribution in [0.4, 0.5) is 16.6 Å². The summed E-state index contributed by atoms with van der Waals surface area (Å²) in [6.07, 6.45) is 7.07. The molecule has 1 saturated carbocycles. The monoisotopic (exact) mass is 593 g/mol. The normalized spacial score (nSPS) is 20.0. The number of nitrogens with two attached hydrogens (primary N) is 1. The lowest BCUT2D eigenvalue weighted by Gasteiger charge is -2.41. The van der Waals surface area contributed by atoms with Crippen molar-refractivity contribution in [1.29, 1.82) is 0 Å². The van der Waals surface area contributed by atoms with Gasteiger partial charge in [0, 0.05) is 53.9 Å². The van der Waals surface area contributed by atoms with E-state index in [4.69, 9.17) is 15.8 Å². The number of nitrogen functional groups attached to an aromatic ring is 1. The average molecular weight is 594 g/mol. The van der Waals surface area contributed by atoms with E-state index in [1.54, 1.807) is 17.7 Å². The standard InChI is InChI=1S/C33H39N9S/c1-3-27-29(22-7-5-4-6-8-22)38-33(43-27)37-24-11-9-23(10-12-24)30-28-31(34)35-21-36-32(28)42(39-30)26-15-13-25(14-16-26)41-19-17-40(2)18-20-41/h4-12,21,25-26H,3,13-20H2,1-2H3,(H,37,38)(H2,34,35,36)/t25-,26+. The number of aryl methyl sites for hydroxylation is 1. The molecule has 0 bridgehead atoms. The van der Waals surface area contributed by atoms with Crippen LogP contribution in [0.2, 0.25) is 0 Å². The molecule has 0 radical (unpaired) electrons. The van der Waals surface area contributed by atoms with E-state index in [0.717, 1.165) is 76.7 Å². The van der Waals surface area contributed by atoms with Crippen molar-refractivity contribution in [2.75, 3.05) is 44.3 Å². The summed E-state index contributed by atoms with van der Waals surface area (Å²) in [6.45, 7) is 6.85. The van der Waals surface area contributed by atoms with Crippen LogP contribution >= 0.6 is 11.3 Å². The molecule has 0 amide bonds. The summed E-state index contributed by atoms with van der Waals surface area (Å²) < 4.78 is 2.13. The largest absolute Gasteiger partial charge is 0.383 e. The smallest absolute Gasteiger partial charge is 0.187 e. The lowest BCUT2D eigenvalue weighted by molar-refractivity contribution is 0.0815. The van der Waals surface area contributed by atoms with Crippen molar-refractivity contribution in [3.05, 3.63) is 65.8 Å². The third-order valence-electron chi connectivity index (χ3n) is 9.06. The molecule has 7 rings (SSSR count). The number of thiazole rings is 1. The number of benzene rings is 2. The Hall–Kier alpha value is -3.86. The van der Waals surface area contributed by atoms with Crippen molar-refractivity contribution in [2.24, 2.45) is 0 Å². The molecule has 2 aliphatic rings. The van der Waals surface area contributed by atoms with Gasteiger partial charge in [0.05, 0.1) is 17.1 Å². The molecular formula is C33H39N9S. The van der Waals surface area contributed by atoms with Crippen molar-refractivity contribution < 1.29 is 0 Å². The molecule has 0 atom stereocenters. The Bertz CT molecular complexity index is 1680. The van der Waals surface area contributed by atoms with Gasteiger partial charge < -0.3 is 16.0 Å². The van der Waals surface area contributed by atoms with E-state index in [0.29, 0.717) is 17.9 Å². The van der Waals surface area contributed by atoms with Crippen LogP contribution in [0.5, 0.6) is 0 Å². The molecule has 9 nitrogen and oxygen atoms in total. The molecule has 4 heterocycles. The minimum absolute atomic E-state index is 0.312. The zero-order valence-corrected chi connectivity index (χ0v) is 25.7. The van der Waals surface area contributed by atoms with Crippen molar-refractivity contribution in [1.82, 2.24) is 34.5 Å². The highest BCUT2D eigenvalue weighted by Crippen LogP contribution is 2.38. The van der Waals surface area contributed by atoms with Crippen LogP contribution in [-0.2, 0) is 6.42 Å². The van der Waals surface area contributed by atoms with Crippen LogP contribution in [0.15, 0.2) is 60.9 Å². The minimum Gasteiger partial charge on any atom is -0.383 e. The fourth-order valence-electron chi connectivity index (χ4n) is 6.61. The Morgan fingerprint density at radius 2 is 1.56 bits per heavy atom. The fraction of sp³-hybridized carbons (Fsp3) is 0.394. The number of likely N-dealkylation sites (N-methyl/N-ethyl adjacent to an activating group) is 1. The van der Waals surface area contributed by atoms with Gasteiger partial charge >= 0.3 is 0 Å². The van der Waals surface area contributed by atoms with Crippen molar-refractivity contribution >= 4 is 39.0 Å². The molecule has 222 valence electrons. The van der Waals surface area contributed by atoms with Crippen LogP contribution in [0.1, 0.15) is 43.5 Å². The molecular weight excluding hydrogens is 554 g/mol. The van der Waals surface area contributed by atoms with Crippen molar-refractivity contribution in [2.45, 2.75) is 51.1 Å². The highest BCUT2D eigenvalue weighted by Gasteiger charge is 2.30. The van der Waals surface area contributed by atoms with Crippen molar-refractivity contribution in [3.8, 4) is 22.5 Å². The maximum atomic E-state index is 6.44. The quantitative estimate of drug-likeness (QED) is 0.229. The van der Waals surface area contributed by atoms with E-state index < -0.39 is 0 Å². The maximum absolute atomic E-state index is 6.44. The Labute approximate surface area is 256 Å². The molecule has 10 heteroatoms. The van der Waals surface area contributed by atoms with Gasteiger partial charge in [0.1, 0.15) is 17.8 Å². The molecule has 5 aromatic rings. The molecule has 0 spiro atoms. The van der Waals surface area contributed by atoms with E-state index in [2.05, 4.69) is 92.3 Å². The summed E-state index contributed by atoms with van der Waals surface area (Å²) in [6, 6.07) is 19.7. The Morgan fingerprint density at radius 3 is 2.28 bits per heavy atom. The predicted octanol–water partition coefficient (Wildman–Crippen LogP) is 6.24. The van der Waals surface area contributed by atoms with Gasteiger partial charge in [0.25, 0.3) is 0 Å². The number of hydrogen-bond acceptors (Lipinski definition) is 9. The SMILES string of the molecule is CCc1sc(Nc2ccc(-c3nn([C@H]4CC[C@@H](N5CCN(C)CC5)CC4)c4ncnc(N)c34)cc2)nc1-c1ccccc1. The number of anilines is 3. The van der Waals surface area contributed by atoms with Gasteiger partial charge in [-0.05, 0) is 51.3 Å². The number of aromatic nitrogens is 5. The maximum Gasteiger partial charge on any atom is 0.187 e. The summed E-state index contributed by atoms with van der Waals surface area (Å²) in [7, 11) is 2.22. The summed E-state index contributed by atoms with van der Waals surface area (Å²) in [5.41, 5.74) is 12.3. The first-order chi connectivity index (χ1) is 21.1. The summed E-state index contributed by atoms with van der Waals surface area (Å²) in [4.78, 5) is 20.3. The molecule has 2 fully saturated rings. The first-order valence-corrected chi connectivity index (χ1v) is 16.2. The van der Waals surface area contributed by atoms with Gasteiger partial charge in [-0.3, -0.25) is 4.90 Å². The molecule has 1 aliphatic heterocycles. The second-order valence-corrected chi connectivity index (χ2v) is 12.8. The number of piperazine rings is 1. The third kappa shape index (κ3) is 5.62. The van der Waals surface area contributed by atoms with E-state index in [1.807, 2.05) is 6.07 Å². The molecule has 1 aliphatic carbocycles. The molecule has 0 unspecified atom stereocenters. The number of fused-ring (bicyclic) bond motifs is 1. The average Bonchev–Trinajstić information content (AvgIpc) is 3.65. The first-order valence-electron chi connectivity index (χ1n) is 15.4. The van der Waals surface area contributed by atoms with Crippen LogP contribution in [-0.4, -0.2) is 73.8 Å². The Kier molecular flexibility index (Phi) is 7.81. The Balaban J connectivity index is 1.11. The lowest BCUT2D eigenvalue weighted by Crippen LogP contribution is -2.49. The first kappa shape index (κ1) is 27.9. The van der Waals surface area contributed by atoms with Gasteiger partial charge in [-0.15, -0.1) is 11.3 Å². The van der Waals surface area contributed by atoms with Crippen molar-refractivity contribution in [3.63, 3.8) is 0 Å². The summed E-state index contributed by atoms with van der Waals surface area (Å²) >= 11 is 1.71. The van der Waals surface area contributed by atoms with E-state index >= 15 is 0 Å². The van der Waals surface area contributed by atoms with Crippen LogP contribution in [0.3, 0.4) is 0 Å². The summed E-state index contributed by atoms with van der Waals surface area (Å²) in [5.74, 6) is 0.475. The van der Waals surface area contributed by atoms with Gasteiger partial charge in [-0.25, -0.2) is 19.6 Å². The van der Waals surface area contributed by atoms with Gasteiger partial charge in [-0.1, -0.05) is 49.4 Å². The highest BCUT2D eigenvalue weighted by atomic mass is 32.1. The second-order valence-electron chi connectivity index (χ2n) is 11.8. The Morgan fingerprint density at radius 1 is 0.860 bits per heavy atom. The molecule has 3 N–H and O–H groups in total. The molecule has 2 aromatic carbocycles. The zero-order chi connectivity index (χ0) is 29.3. The van der Waals surface area contributed by atoms with Gasteiger partial charge in [0.2, 0.25) is 0 Å². The highest BCUT2D eigenvalue weighted by molar-refractivity contribution is 7.16. The molecule has 43 heavy (non-hydrogen) atoms. The van der Waals surface area contributed by atoms with Crippen LogP contribution in [0, 0.1) is 0 Å². The van der Waals surface area contributed by atoms with Gasteiger partial charge in [-0.2, -0.15) is 5.10 Å². The minimum atomic E-state index is 0.312. The topological polar surface area (TPSA) is 101 Å². The third-order valence-corrected chi connectivity index (χ3v) is 10.2. The fourth-order valence-corrected chi connectivity index (χ4v) is 7.55. The predicted molar refractivity (Wildman–Crippen MR) is 176 cm³/mol.